The number of hydrogen-bond acceptors (Lipinski definition) is 3. The summed E-state index contributed by atoms with van der Waals surface area (Å²) in [7, 11) is 0. The van der Waals surface area contributed by atoms with Gasteiger partial charge < -0.3 is 9.52 Å². The Morgan fingerprint density at radius 3 is 2.43 bits per heavy atom. The van der Waals surface area contributed by atoms with Gasteiger partial charge in [0.25, 0.3) is 0 Å². The van der Waals surface area contributed by atoms with E-state index >= 15 is 0 Å². The SMILES string of the molecule is CC1(C)C(C(=O)O)C1(Cc1cc(Cc2ccccc2)oc1C#N)CC(Br)(Br)Br. The number of nitriles is 1. The van der Waals surface area contributed by atoms with Crippen molar-refractivity contribution in [2.24, 2.45) is 16.7 Å². The number of furan rings is 1. The summed E-state index contributed by atoms with van der Waals surface area (Å²) in [4.78, 5) is 11.9. The lowest BCUT2D eigenvalue weighted by molar-refractivity contribution is -0.140. The molecule has 2 aromatic rings. The minimum absolute atomic E-state index is 0.265. The highest BCUT2D eigenvalue weighted by Crippen LogP contribution is 2.74. The minimum Gasteiger partial charge on any atom is -0.481 e. The summed E-state index contributed by atoms with van der Waals surface area (Å²) < 4.78 is 5.22. The lowest BCUT2D eigenvalue weighted by Gasteiger charge is -2.25. The summed E-state index contributed by atoms with van der Waals surface area (Å²) in [5.41, 5.74) is 0.928. The minimum atomic E-state index is -0.812. The van der Waals surface area contributed by atoms with Crippen molar-refractivity contribution in [3.05, 3.63) is 59.0 Å². The van der Waals surface area contributed by atoms with Gasteiger partial charge in [0.1, 0.15) is 14.0 Å². The maximum Gasteiger partial charge on any atom is 0.307 e. The van der Waals surface area contributed by atoms with Gasteiger partial charge in [0.15, 0.2) is 0 Å². The number of carboxylic acids is 1. The van der Waals surface area contributed by atoms with E-state index in [1.54, 1.807) is 0 Å². The fraction of sp³-hybridized carbons (Fsp3) is 0.429. The van der Waals surface area contributed by atoms with Crippen molar-refractivity contribution in [2.45, 2.75) is 35.3 Å². The van der Waals surface area contributed by atoms with Crippen LogP contribution in [0.15, 0.2) is 40.8 Å². The van der Waals surface area contributed by atoms with Crippen molar-refractivity contribution < 1.29 is 14.3 Å². The molecule has 4 nitrogen and oxygen atoms in total. The average Bonchev–Trinajstić information content (AvgIpc) is 2.85. The molecule has 1 saturated carbocycles. The first-order chi connectivity index (χ1) is 13.0. The number of nitrogens with zero attached hydrogens (tertiary/aromatic N) is 1. The van der Waals surface area contributed by atoms with E-state index in [4.69, 9.17) is 4.42 Å². The first kappa shape index (κ1) is 21.6. The summed E-state index contributed by atoms with van der Waals surface area (Å²) in [5.74, 6) is -0.346. The molecule has 1 heterocycles. The second-order valence-electron chi connectivity index (χ2n) is 7.96. The molecule has 0 aliphatic heterocycles. The molecule has 148 valence electrons. The Morgan fingerprint density at radius 2 is 1.93 bits per heavy atom. The first-order valence-electron chi connectivity index (χ1n) is 8.85. The van der Waals surface area contributed by atoms with Gasteiger partial charge in [0.2, 0.25) is 5.76 Å². The summed E-state index contributed by atoms with van der Waals surface area (Å²) in [6, 6.07) is 13.9. The Bertz CT molecular complexity index is 925. The second-order valence-corrected chi connectivity index (χ2v) is 15.2. The van der Waals surface area contributed by atoms with E-state index in [0.717, 1.165) is 11.1 Å². The lowest BCUT2D eigenvalue weighted by Crippen LogP contribution is -2.21. The number of hydrogen-bond donors (Lipinski definition) is 1. The van der Waals surface area contributed by atoms with Crippen molar-refractivity contribution in [3.63, 3.8) is 0 Å². The van der Waals surface area contributed by atoms with Crippen molar-refractivity contribution >= 4 is 53.8 Å². The highest BCUT2D eigenvalue weighted by atomic mass is 80.0. The molecule has 2 atom stereocenters. The molecule has 1 fully saturated rings. The number of benzene rings is 1. The molecule has 0 amide bonds. The normalized spacial score (nSPS) is 23.2. The number of carboxylic acid groups (broad SMARTS) is 1. The van der Waals surface area contributed by atoms with E-state index in [2.05, 4.69) is 53.9 Å². The van der Waals surface area contributed by atoms with Crippen LogP contribution in [-0.4, -0.2) is 13.2 Å². The van der Waals surface area contributed by atoms with E-state index in [1.807, 2.05) is 50.2 Å². The van der Waals surface area contributed by atoms with Crippen molar-refractivity contribution in [3.8, 4) is 6.07 Å². The van der Waals surface area contributed by atoms with Crippen LogP contribution in [0.3, 0.4) is 0 Å². The van der Waals surface area contributed by atoms with Crippen LogP contribution in [0, 0.1) is 28.1 Å². The Balaban J connectivity index is 1.94. The number of rotatable bonds is 6. The second kappa shape index (κ2) is 7.62. The summed E-state index contributed by atoms with van der Waals surface area (Å²) in [6.45, 7) is 3.95. The third-order valence-electron chi connectivity index (χ3n) is 5.93. The van der Waals surface area contributed by atoms with Crippen LogP contribution >= 0.6 is 47.8 Å². The third kappa shape index (κ3) is 4.10. The average molecular weight is 574 g/mol. The maximum absolute atomic E-state index is 11.9. The van der Waals surface area contributed by atoms with Gasteiger partial charge in [0, 0.05) is 12.0 Å². The van der Waals surface area contributed by atoms with Crippen molar-refractivity contribution in [2.75, 3.05) is 0 Å². The molecule has 0 spiro atoms. The molecule has 7 heteroatoms. The van der Waals surface area contributed by atoms with Gasteiger partial charge in [0.05, 0.1) is 5.92 Å². The number of aliphatic carboxylic acids is 1. The highest BCUT2D eigenvalue weighted by molar-refractivity contribution is 9.39. The summed E-state index contributed by atoms with van der Waals surface area (Å²) in [5, 5.41) is 19.4. The van der Waals surface area contributed by atoms with Crippen LogP contribution in [0.2, 0.25) is 0 Å². The van der Waals surface area contributed by atoms with Crippen LogP contribution in [0.25, 0.3) is 0 Å². The van der Waals surface area contributed by atoms with Gasteiger partial charge in [-0.3, -0.25) is 4.79 Å². The Labute approximate surface area is 189 Å². The smallest absolute Gasteiger partial charge is 0.307 e. The van der Waals surface area contributed by atoms with E-state index < -0.39 is 24.9 Å². The van der Waals surface area contributed by atoms with Gasteiger partial charge in [-0.15, -0.1) is 0 Å². The molecule has 0 saturated heterocycles. The summed E-state index contributed by atoms with van der Waals surface area (Å²) >= 11 is 10.6. The van der Waals surface area contributed by atoms with Gasteiger partial charge >= 0.3 is 5.97 Å². The van der Waals surface area contributed by atoms with E-state index in [-0.39, 0.29) is 5.76 Å². The zero-order chi connectivity index (χ0) is 20.7. The van der Waals surface area contributed by atoms with Gasteiger partial charge in [-0.1, -0.05) is 92.0 Å². The van der Waals surface area contributed by atoms with E-state index in [0.29, 0.717) is 25.0 Å². The molecule has 3 rings (SSSR count). The number of halogens is 3. The Kier molecular flexibility index (Phi) is 5.88. The standard InChI is InChI=1S/C21H20Br3NO3/c1-19(2)17(18(26)27)20(19,12-21(22,23)24)10-14-9-15(28-16(14)11-25)8-13-6-4-3-5-7-13/h3-7,9,17H,8,10,12H2,1-2H3,(H,26,27). The highest BCUT2D eigenvalue weighted by Gasteiger charge is 2.75. The van der Waals surface area contributed by atoms with Crippen LogP contribution in [0.4, 0.5) is 0 Å². The zero-order valence-electron chi connectivity index (χ0n) is 15.5. The van der Waals surface area contributed by atoms with Crippen molar-refractivity contribution in [1.29, 1.82) is 5.26 Å². The largest absolute Gasteiger partial charge is 0.481 e. The van der Waals surface area contributed by atoms with Crippen LogP contribution < -0.4 is 0 Å². The van der Waals surface area contributed by atoms with Crippen molar-refractivity contribution in [1.82, 2.24) is 0 Å². The molecular formula is C21H20Br3NO3. The van der Waals surface area contributed by atoms with Gasteiger partial charge in [-0.2, -0.15) is 5.26 Å². The molecular weight excluding hydrogens is 554 g/mol. The van der Waals surface area contributed by atoms with Crippen LogP contribution in [0.1, 0.15) is 42.9 Å². The van der Waals surface area contributed by atoms with Crippen LogP contribution in [-0.2, 0) is 17.6 Å². The molecule has 0 radical (unpaired) electrons. The Hall–Kier alpha value is -1.10. The van der Waals surface area contributed by atoms with E-state index in [9.17, 15) is 15.2 Å². The van der Waals surface area contributed by atoms with Gasteiger partial charge in [-0.25, -0.2) is 0 Å². The molecule has 2 unspecified atom stereocenters. The molecule has 1 N–H and O–H groups in total. The molecule has 1 aliphatic rings. The molecule has 1 aliphatic carbocycles. The fourth-order valence-electron chi connectivity index (χ4n) is 4.50. The van der Waals surface area contributed by atoms with Gasteiger partial charge in [-0.05, 0) is 35.3 Å². The molecule has 28 heavy (non-hydrogen) atoms. The predicted molar refractivity (Wildman–Crippen MR) is 118 cm³/mol. The summed E-state index contributed by atoms with van der Waals surface area (Å²) in [6.07, 6.45) is 1.59. The quantitative estimate of drug-likeness (QED) is 0.415. The Morgan fingerprint density at radius 1 is 1.29 bits per heavy atom. The predicted octanol–water partition coefficient (Wildman–Crippen LogP) is 6.24. The molecule has 1 aromatic carbocycles. The number of carbonyl (C=O) groups is 1. The fourth-order valence-corrected chi connectivity index (χ4v) is 6.00. The monoisotopic (exact) mass is 571 g/mol. The van der Waals surface area contributed by atoms with Crippen LogP contribution in [0.5, 0.6) is 0 Å². The third-order valence-corrected chi connectivity index (χ3v) is 6.77. The first-order valence-corrected chi connectivity index (χ1v) is 11.2. The van der Waals surface area contributed by atoms with E-state index in [1.165, 1.54) is 0 Å². The molecule has 1 aromatic heterocycles. The topological polar surface area (TPSA) is 74.2 Å². The lowest BCUT2D eigenvalue weighted by atomic mass is 9.86. The maximum atomic E-state index is 11.9. The molecule has 0 bridgehead atoms. The zero-order valence-corrected chi connectivity index (χ0v) is 20.3. The number of alkyl halides is 3.